The van der Waals surface area contributed by atoms with E-state index in [1.165, 1.54) is 6.42 Å². The summed E-state index contributed by atoms with van der Waals surface area (Å²) in [6.45, 7) is 2.01. The van der Waals surface area contributed by atoms with E-state index in [4.69, 9.17) is 23.2 Å². The van der Waals surface area contributed by atoms with Crippen molar-refractivity contribution < 1.29 is 4.79 Å². The first kappa shape index (κ1) is 11.5. The first-order valence-corrected chi connectivity index (χ1v) is 6.38. The van der Waals surface area contributed by atoms with Gasteiger partial charge in [-0.2, -0.15) is 0 Å². The highest BCUT2D eigenvalue weighted by molar-refractivity contribution is 6.55. The molecule has 0 amide bonds. The molecule has 0 bridgehead atoms. The second-order valence-electron chi connectivity index (χ2n) is 4.95. The Hall–Kier alpha value is -0.0100. The Labute approximate surface area is 101 Å². The van der Waals surface area contributed by atoms with Crippen molar-refractivity contribution in [2.45, 2.75) is 39.0 Å². The minimum absolute atomic E-state index is 0.0442. The summed E-state index contributed by atoms with van der Waals surface area (Å²) in [6.07, 6.45) is 7.32. The van der Waals surface area contributed by atoms with E-state index in [0.29, 0.717) is 10.3 Å². The molecule has 0 aromatic carbocycles. The van der Waals surface area contributed by atoms with Crippen molar-refractivity contribution in [1.82, 2.24) is 0 Å². The first-order valence-electron chi connectivity index (χ1n) is 5.62. The van der Waals surface area contributed by atoms with Crippen LogP contribution < -0.4 is 0 Å². The minimum Gasteiger partial charge on any atom is -0.299 e. The van der Waals surface area contributed by atoms with Crippen LogP contribution in [0.25, 0.3) is 0 Å². The van der Waals surface area contributed by atoms with Crippen molar-refractivity contribution in [3.05, 3.63) is 10.6 Å². The molecule has 0 saturated heterocycles. The molecule has 2 atom stereocenters. The molecule has 0 N–H and O–H groups in total. The van der Waals surface area contributed by atoms with Gasteiger partial charge in [0.2, 0.25) is 0 Å². The molecule has 2 rings (SSSR count). The predicted octanol–water partition coefficient (Wildman–Crippen LogP) is 4.09. The Morgan fingerprint density at radius 1 is 1.40 bits per heavy atom. The molecule has 2 unspecified atom stereocenters. The van der Waals surface area contributed by atoms with E-state index in [0.717, 1.165) is 25.7 Å². The van der Waals surface area contributed by atoms with Crippen molar-refractivity contribution in [2.24, 2.45) is 17.3 Å². The van der Waals surface area contributed by atoms with Crippen LogP contribution in [0, 0.1) is 17.3 Å². The van der Waals surface area contributed by atoms with Gasteiger partial charge in [0.15, 0.2) is 0 Å². The van der Waals surface area contributed by atoms with Crippen LogP contribution in [0.5, 0.6) is 0 Å². The Morgan fingerprint density at radius 2 is 2.07 bits per heavy atom. The van der Waals surface area contributed by atoms with Crippen LogP contribution in [-0.4, -0.2) is 5.78 Å². The zero-order chi connectivity index (χ0) is 11.1. The predicted molar refractivity (Wildman–Crippen MR) is 63.0 cm³/mol. The van der Waals surface area contributed by atoms with Gasteiger partial charge in [-0.3, -0.25) is 4.79 Å². The number of carbonyl (C=O) groups is 1. The molecular formula is C12H16Cl2O. The molecule has 0 aliphatic heterocycles. The third-order valence-corrected chi connectivity index (χ3v) is 4.44. The van der Waals surface area contributed by atoms with Gasteiger partial charge < -0.3 is 0 Å². The third kappa shape index (κ3) is 1.97. The fourth-order valence-corrected chi connectivity index (χ4v) is 3.31. The summed E-state index contributed by atoms with van der Waals surface area (Å²) in [6, 6.07) is 0. The number of carbonyl (C=O) groups excluding carboxylic acids is 1. The number of Topliss-reactive ketones (excluding diaryl/α,β-unsaturated/α-hetero) is 1. The molecule has 0 aromatic rings. The molecule has 0 heterocycles. The summed E-state index contributed by atoms with van der Waals surface area (Å²) in [4.78, 5) is 12.2. The van der Waals surface area contributed by atoms with E-state index in [9.17, 15) is 4.79 Å². The summed E-state index contributed by atoms with van der Waals surface area (Å²) in [7, 11) is 0. The van der Waals surface area contributed by atoms with Gasteiger partial charge in [0.25, 0.3) is 0 Å². The van der Waals surface area contributed by atoms with Gasteiger partial charge in [-0.25, -0.2) is 0 Å². The molecule has 15 heavy (non-hydrogen) atoms. The van der Waals surface area contributed by atoms with Crippen LogP contribution in [0.2, 0.25) is 0 Å². The molecule has 1 nitrogen and oxygen atoms in total. The van der Waals surface area contributed by atoms with Crippen molar-refractivity contribution >= 4 is 29.0 Å². The maximum absolute atomic E-state index is 12.2. The van der Waals surface area contributed by atoms with Crippen molar-refractivity contribution in [3.63, 3.8) is 0 Å². The number of rotatable bonds is 1. The van der Waals surface area contributed by atoms with E-state index in [1.54, 1.807) is 0 Å². The molecular weight excluding hydrogens is 231 g/mol. The van der Waals surface area contributed by atoms with Gasteiger partial charge in [0.05, 0.1) is 0 Å². The highest BCUT2D eigenvalue weighted by Gasteiger charge is 2.49. The molecule has 0 aromatic heterocycles. The summed E-state index contributed by atoms with van der Waals surface area (Å²) < 4.78 is 0.296. The van der Waals surface area contributed by atoms with Gasteiger partial charge in [-0.15, -0.1) is 0 Å². The van der Waals surface area contributed by atoms with Crippen LogP contribution in [0.3, 0.4) is 0 Å². The lowest BCUT2D eigenvalue weighted by molar-refractivity contribution is -0.143. The zero-order valence-corrected chi connectivity index (χ0v) is 10.4. The number of halogens is 2. The molecule has 2 fully saturated rings. The largest absolute Gasteiger partial charge is 0.299 e. The van der Waals surface area contributed by atoms with Crippen LogP contribution in [-0.2, 0) is 4.79 Å². The van der Waals surface area contributed by atoms with Gasteiger partial charge in [0.1, 0.15) is 10.3 Å². The van der Waals surface area contributed by atoms with Gasteiger partial charge in [-0.05, 0) is 31.6 Å². The van der Waals surface area contributed by atoms with Crippen molar-refractivity contribution in [1.29, 1.82) is 0 Å². The molecule has 2 aliphatic carbocycles. The number of hydrogen-bond acceptors (Lipinski definition) is 1. The Morgan fingerprint density at radius 3 is 2.53 bits per heavy atom. The summed E-state index contributed by atoms with van der Waals surface area (Å²) in [5, 5.41) is 0. The maximum Gasteiger partial charge on any atom is 0.142 e. The summed E-state index contributed by atoms with van der Waals surface area (Å²) in [5.41, 5.74) is 0.0442. The topological polar surface area (TPSA) is 17.1 Å². The molecule has 0 radical (unpaired) electrons. The second kappa shape index (κ2) is 4.10. The number of ketones is 1. The van der Waals surface area contributed by atoms with Crippen LogP contribution >= 0.6 is 23.2 Å². The van der Waals surface area contributed by atoms with E-state index >= 15 is 0 Å². The van der Waals surface area contributed by atoms with E-state index < -0.39 is 0 Å². The molecule has 84 valence electrons. The smallest absolute Gasteiger partial charge is 0.142 e. The van der Waals surface area contributed by atoms with Gasteiger partial charge >= 0.3 is 0 Å². The standard InChI is InChI=1S/C12H16Cl2O/c1-8-9(7-10(13)14)3-6-12(11(8)15)4-2-5-12/h7-9H,2-6H2,1H3. The minimum atomic E-state index is 0.0442. The second-order valence-corrected chi connectivity index (χ2v) is 5.95. The highest BCUT2D eigenvalue weighted by atomic mass is 35.5. The quantitative estimate of drug-likeness (QED) is 0.682. The normalized spacial score (nSPS) is 33.7. The summed E-state index contributed by atoms with van der Waals surface area (Å²) >= 11 is 11.3. The maximum atomic E-state index is 12.2. The van der Waals surface area contributed by atoms with Crippen molar-refractivity contribution in [2.75, 3.05) is 0 Å². The Kier molecular flexibility index (Phi) is 3.14. The van der Waals surface area contributed by atoms with E-state index in [-0.39, 0.29) is 17.3 Å². The highest BCUT2D eigenvalue weighted by Crippen LogP contribution is 2.52. The zero-order valence-electron chi connectivity index (χ0n) is 8.93. The van der Waals surface area contributed by atoms with E-state index in [1.807, 2.05) is 13.0 Å². The van der Waals surface area contributed by atoms with Crippen molar-refractivity contribution in [3.8, 4) is 0 Å². The number of hydrogen-bond donors (Lipinski definition) is 0. The van der Waals surface area contributed by atoms with Crippen LogP contribution in [0.15, 0.2) is 10.6 Å². The van der Waals surface area contributed by atoms with Gasteiger partial charge in [0, 0.05) is 11.3 Å². The van der Waals surface area contributed by atoms with Crippen LogP contribution in [0.1, 0.15) is 39.0 Å². The molecule has 2 saturated carbocycles. The summed E-state index contributed by atoms with van der Waals surface area (Å²) in [5.74, 6) is 0.774. The third-order valence-electron chi connectivity index (χ3n) is 4.19. The van der Waals surface area contributed by atoms with Crippen LogP contribution in [0.4, 0.5) is 0 Å². The fraction of sp³-hybridized carbons (Fsp3) is 0.750. The lowest BCUT2D eigenvalue weighted by atomic mass is 9.55. The Bertz CT molecular complexity index is 301. The lowest BCUT2D eigenvalue weighted by Crippen LogP contribution is -2.46. The average molecular weight is 247 g/mol. The lowest BCUT2D eigenvalue weighted by Gasteiger charge is -2.47. The SMILES string of the molecule is CC1C(=O)C2(CCC2)CCC1C=C(Cl)Cl. The molecule has 2 aliphatic rings. The molecule has 3 heteroatoms. The van der Waals surface area contributed by atoms with E-state index in [2.05, 4.69) is 0 Å². The Balaban J connectivity index is 2.11. The first-order chi connectivity index (χ1) is 7.05. The monoisotopic (exact) mass is 246 g/mol. The average Bonchev–Trinajstić information content (AvgIpc) is 2.10. The number of allylic oxidation sites excluding steroid dienone is 1. The molecule has 1 spiro atoms. The fourth-order valence-electron chi connectivity index (χ4n) is 2.98. The van der Waals surface area contributed by atoms with Gasteiger partial charge in [-0.1, -0.05) is 42.6 Å².